The molecule has 1 fully saturated rings. The van der Waals surface area contributed by atoms with Crippen molar-refractivity contribution in [2.45, 2.75) is 31.6 Å². The zero-order valence-corrected chi connectivity index (χ0v) is 17.2. The van der Waals surface area contributed by atoms with Crippen LogP contribution in [-0.2, 0) is 19.7 Å². The third kappa shape index (κ3) is 4.52. The summed E-state index contributed by atoms with van der Waals surface area (Å²) >= 11 is 0. The third-order valence-electron chi connectivity index (χ3n) is 5.44. The Morgan fingerprint density at radius 2 is 1.83 bits per heavy atom. The highest BCUT2D eigenvalue weighted by Crippen LogP contribution is 2.36. The van der Waals surface area contributed by atoms with Gasteiger partial charge in [-0.15, -0.1) is 0 Å². The van der Waals surface area contributed by atoms with Crippen LogP contribution in [0.15, 0.2) is 48.5 Å². The second-order valence-electron chi connectivity index (χ2n) is 7.18. The van der Waals surface area contributed by atoms with Gasteiger partial charge in [0.1, 0.15) is 12.4 Å². The third-order valence-corrected chi connectivity index (χ3v) is 5.44. The van der Waals surface area contributed by atoms with Gasteiger partial charge in [0.25, 0.3) is 5.91 Å². The minimum Gasteiger partial charge on any atom is -0.490 e. The summed E-state index contributed by atoms with van der Waals surface area (Å²) < 4.78 is 10.6. The minimum absolute atomic E-state index is 0.237. The number of imide groups is 1. The molecular weight excluding hydrogens is 384 g/mol. The maximum absolute atomic E-state index is 12.7. The summed E-state index contributed by atoms with van der Waals surface area (Å²) in [4.78, 5) is 36.8. The van der Waals surface area contributed by atoms with E-state index in [1.54, 1.807) is 43.5 Å². The van der Waals surface area contributed by atoms with E-state index in [9.17, 15) is 14.4 Å². The van der Waals surface area contributed by atoms with E-state index in [1.807, 2.05) is 19.1 Å². The van der Waals surface area contributed by atoms with Gasteiger partial charge in [-0.25, -0.2) is 0 Å². The van der Waals surface area contributed by atoms with Crippen molar-refractivity contribution in [3.63, 3.8) is 0 Å². The predicted octanol–water partition coefficient (Wildman–Crippen LogP) is 3.05. The zero-order chi connectivity index (χ0) is 21.6. The highest BCUT2D eigenvalue weighted by molar-refractivity contribution is 6.06. The van der Waals surface area contributed by atoms with E-state index >= 15 is 0 Å². The van der Waals surface area contributed by atoms with E-state index in [1.165, 1.54) is 0 Å². The van der Waals surface area contributed by atoms with Gasteiger partial charge in [0.15, 0.2) is 0 Å². The maximum atomic E-state index is 12.7. The van der Waals surface area contributed by atoms with Crippen LogP contribution in [0, 0.1) is 0 Å². The first-order chi connectivity index (χ1) is 14.5. The maximum Gasteiger partial charge on any atom is 0.259 e. The van der Waals surface area contributed by atoms with Crippen LogP contribution in [0.4, 0.5) is 5.69 Å². The number of methoxy groups -OCH3 is 1. The summed E-state index contributed by atoms with van der Waals surface area (Å²) in [5.41, 5.74) is 1.14. The van der Waals surface area contributed by atoms with Crippen LogP contribution in [-0.4, -0.2) is 38.0 Å². The Morgan fingerprint density at radius 3 is 2.50 bits per heavy atom. The number of anilines is 1. The second-order valence-corrected chi connectivity index (χ2v) is 7.18. The average molecular weight is 410 g/mol. The lowest BCUT2D eigenvalue weighted by molar-refractivity contribution is -0.138. The molecule has 0 aliphatic carbocycles. The predicted molar refractivity (Wildman–Crippen MR) is 113 cm³/mol. The first-order valence-electron chi connectivity index (χ1n) is 9.97. The van der Waals surface area contributed by atoms with E-state index in [0.717, 1.165) is 5.56 Å². The Balaban J connectivity index is 1.74. The van der Waals surface area contributed by atoms with Crippen molar-refractivity contribution >= 4 is 23.4 Å². The molecule has 0 bridgehead atoms. The highest BCUT2D eigenvalue weighted by Gasteiger charge is 2.42. The van der Waals surface area contributed by atoms with E-state index in [-0.39, 0.29) is 17.7 Å². The Hall–Kier alpha value is -3.19. The lowest BCUT2D eigenvalue weighted by atomic mass is 9.72. The quantitative estimate of drug-likeness (QED) is 0.515. The molecule has 0 aromatic heterocycles. The van der Waals surface area contributed by atoms with Crippen LogP contribution in [0.5, 0.6) is 5.75 Å². The number of ether oxygens (including phenoxy) is 2. The van der Waals surface area contributed by atoms with Crippen LogP contribution in [0.2, 0.25) is 0 Å². The highest BCUT2D eigenvalue weighted by atomic mass is 16.5. The summed E-state index contributed by atoms with van der Waals surface area (Å²) in [5.74, 6) is -0.307. The van der Waals surface area contributed by atoms with Crippen LogP contribution in [0.3, 0.4) is 0 Å². The van der Waals surface area contributed by atoms with Gasteiger partial charge in [0.05, 0.1) is 17.6 Å². The zero-order valence-electron chi connectivity index (χ0n) is 17.2. The molecule has 1 aliphatic heterocycles. The van der Waals surface area contributed by atoms with E-state index < -0.39 is 5.41 Å². The molecule has 3 rings (SSSR count). The van der Waals surface area contributed by atoms with Gasteiger partial charge in [0, 0.05) is 19.2 Å². The van der Waals surface area contributed by atoms with Crippen molar-refractivity contribution in [1.82, 2.24) is 5.32 Å². The Kier molecular flexibility index (Phi) is 6.84. The van der Waals surface area contributed by atoms with Gasteiger partial charge in [0.2, 0.25) is 11.8 Å². The summed E-state index contributed by atoms with van der Waals surface area (Å²) in [7, 11) is 1.59. The lowest BCUT2D eigenvalue weighted by Crippen LogP contribution is -2.51. The number of piperidine rings is 1. The molecule has 1 saturated heterocycles. The SMILES string of the molecule is CCC1(c2ccc(NC(=O)c3ccccc3OCCOC)cc2)CCC(=O)NC1=O. The molecular formula is C23H26N2O5. The topological polar surface area (TPSA) is 93.7 Å². The smallest absolute Gasteiger partial charge is 0.259 e. The molecule has 0 spiro atoms. The van der Waals surface area contributed by atoms with Crippen LogP contribution in [0.25, 0.3) is 0 Å². The molecule has 7 heteroatoms. The monoisotopic (exact) mass is 410 g/mol. The largest absolute Gasteiger partial charge is 0.490 e. The van der Waals surface area contributed by atoms with Crippen molar-refractivity contribution in [3.8, 4) is 5.75 Å². The van der Waals surface area contributed by atoms with Crippen LogP contribution in [0.1, 0.15) is 42.1 Å². The Labute approximate surface area is 175 Å². The van der Waals surface area contributed by atoms with Crippen LogP contribution >= 0.6 is 0 Å². The van der Waals surface area contributed by atoms with E-state index in [4.69, 9.17) is 9.47 Å². The second kappa shape index (κ2) is 9.54. The number of amides is 3. The number of benzene rings is 2. The molecule has 30 heavy (non-hydrogen) atoms. The number of carbonyl (C=O) groups excluding carboxylic acids is 3. The fourth-order valence-electron chi connectivity index (χ4n) is 3.65. The molecule has 2 aromatic carbocycles. The van der Waals surface area contributed by atoms with Crippen molar-refractivity contribution in [3.05, 3.63) is 59.7 Å². The molecule has 0 radical (unpaired) electrons. The number of nitrogens with one attached hydrogen (secondary N) is 2. The number of hydrogen-bond donors (Lipinski definition) is 2. The molecule has 1 unspecified atom stereocenters. The van der Waals surface area contributed by atoms with Crippen molar-refractivity contribution < 1.29 is 23.9 Å². The van der Waals surface area contributed by atoms with Crippen LogP contribution < -0.4 is 15.4 Å². The number of hydrogen-bond acceptors (Lipinski definition) is 5. The Bertz CT molecular complexity index is 925. The van der Waals surface area contributed by atoms with Crippen molar-refractivity contribution in [1.29, 1.82) is 0 Å². The van der Waals surface area contributed by atoms with Gasteiger partial charge in [-0.1, -0.05) is 31.2 Å². The molecule has 2 N–H and O–H groups in total. The number of para-hydroxylation sites is 1. The summed E-state index contributed by atoms with van der Waals surface area (Å²) in [6, 6.07) is 14.2. The van der Waals surface area contributed by atoms with E-state index in [2.05, 4.69) is 10.6 Å². The van der Waals surface area contributed by atoms with Gasteiger partial charge < -0.3 is 14.8 Å². The van der Waals surface area contributed by atoms with Gasteiger partial charge >= 0.3 is 0 Å². The first kappa shape index (κ1) is 21.5. The van der Waals surface area contributed by atoms with Gasteiger partial charge in [-0.3, -0.25) is 19.7 Å². The molecule has 158 valence electrons. The van der Waals surface area contributed by atoms with Gasteiger partial charge in [-0.2, -0.15) is 0 Å². The fraction of sp³-hybridized carbons (Fsp3) is 0.348. The van der Waals surface area contributed by atoms with Crippen molar-refractivity contribution in [2.24, 2.45) is 0 Å². The minimum atomic E-state index is -0.724. The first-order valence-corrected chi connectivity index (χ1v) is 9.97. The molecule has 1 atom stereocenters. The molecule has 0 saturated carbocycles. The van der Waals surface area contributed by atoms with Crippen molar-refractivity contribution in [2.75, 3.05) is 25.6 Å². The van der Waals surface area contributed by atoms with E-state index in [0.29, 0.717) is 49.5 Å². The summed E-state index contributed by atoms with van der Waals surface area (Å²) in [6.07, 6.45) is 1.38. The summed E-state index contributed by atoms with van der Waals surface area (Å²) in [5, 5.41) is 5.31. The molecule has 1 aliphatic rings. The normalized spacial score (nSPS) is 18.6. The molecule has 1 heterocycles. The van der Waals surface area contributed by atoms with Gasteiger partial charge in [-0.05, 0) is 42.7 Å². The fourth-order valence-corrected chi connectivity index (χ4v) is 3.65. The Morgan fingerprint density at radius 1 is 1.10 bits per heavy atom. The number of carbonyl (C=O) groups is 3. The number of rotatable bonds is 8. The lowest BCUT2D eigenvalue weighted by Gasteiger charge is -2.35. The average Bonchev–Trinajstić information content (AvgIpc) is 2.75. The molecule has 2 aromatic rings. The molecule has 3 amide bonds. The molecule has 7 nitrogen and oxygen atoms in total. The standard InChI is InChI=1S/C23H26N2O5/c1-3-23(13-12-20(26)25-22(23)28)16-8-10-17(11-9-16)24-21(27)18-6-4-5-7-19(18)30-15-14-29-2/h4-11H,3,12-15H2,1-2H3,(H,24,27)(H,25,26,28). The summed E-state index contributed by atoms with van der Waals surface area (Å²) in [6.45, 7) is 2.71.